The van der Waals surface area contributed by atoms with Crippen LogP contribution in [0.3, 0.4) is 0 Å². The Morgan fingerprint density at radius 1 is 1.00 bits per heavy atom. The maximum absolute atomic E-state index is 12.8. The second-order valence-electron chi connectivity index (χ2n) is 6.32. The number of phenolic OH excluding ortho intramolecular Hbond substituents is 1. The van der Waals surface area contributed by atoms with Crippen molar-refractivity contribution in [1.82, 2.24) is 0 Å². The van der Waals surface area contributed by atoms with Crippen molar-refractivity contribution in [2.75, 3.05) is 24.3 Å². The van der Waals surface area contributed by atoms with E-state index in [4.69, 9.17) is 21.1 Å². The average molecular weight is 463 g/mol. The fourth-order valence-corrected chi connectivity index (χ4v) is 4.00. The van der Waals surface area contributed by atoms with Crippen molar-refractivity contribution in [2.45, 2.75) is 4.90 Å². The minimum Gasteiger partial charge on any atom is -0.506 e. The number of halogens is 1. The minimum absolute atomic E-state index is 0.0937. The fourth-order valence-electron chi connectivity index (χ4n) is 2.73. The molecule has 0 radical (unpaired) electrons. The molecule has 3 aromatic carbocycles. The maximum atomic E-state index is 12.8. The first-order chi connectivity index (χ1) is 14.7. The van der Waals surface area contributed by atoms with Crippen molar-refractivity contribution in [1.29, 1.82) is 0 Å². The summed E-state index contributed by atoms with van der Waals surface area (Å²) in [6, 6.07) is 14.4. The molecule has 0 bridgehead atoms. The number of hydrogen-bond donors (Lipinski definition) is 3. The number of hydrogen-bond acceptors (Lipinski definition) is 6. The van der Waals surface area contributed by atoms with Crippen LogP contribution < -0.4 is 19.5 Å². The predicted molar refractivity (Wildman–Crippen MR) is 118 cm³/mol. The molecule has 31 heavy (non-hydrogen) atoms. The summed E-state index contributed by atoms with van der Waals surface area (Å²) in [6.45, 7) is 0. The molecule has 3 rings (SSSR count). The molecule has 0 aromatic heterocycles. The monoisotopic (exact) mass is 462 g/mol. The van der Waals surface area contributed by atoms with Gasteiger partial charge in [0.05, 0.1) is 36.1 Å². The summed E-state index contributed by atoms with van der Waals surface area (Å²) in [7, 11) is -1.15. The number of anilines is 2. The third-order valence-corrected chi connectivity index (χ3v) is 5.87. The lowest BCUT2D eigenvalue weighted by atomic mass is 10.1. The van der Waals surface area contributed by atoms with Crippen LogP contribution in [0.15, 0.2) is 65.6 Å². The van der Waals surface area contributed by atoms with Crippen LogP contribution in [-0.2, 0) is 10.0 Å². The minimum atomic E-state index is -4.01. The summed E-state index contributed by atoms with van der Waals surface area (Å²) in [4.78, 5) is 12.6. The van der Waals surface area contributed by atoms with Crippen LogP contribution in [0.2, 0.25) is 5.02 Å². The van der Waals surface area contributed by atoms with Gasteiger partial charge in [0.25, 0.3) is 15.9 Å². The smallest absolute Gasteiger partial charge is 0.261 e. The van der Waals surface area contributed by atoms with E-state index < -0.39 is 15.9 Å². The number of sulfonamides is 1. The normalized spacial score (nSPS) is 10.9. The Morgan fingerprint density at radius 2 is 1.77 bits per heavy atom. The molecule has 0 aliphatic carbocycles. The average Bonchev–Trinajstić information content (AvgIpc) is 2.74. The standard InChI is InChI=1S/C21H19ClN2O6S/c1-29-15-6-9-20(30-2)17(11-15)21(26)23-18-12-16(7-8-19(18)25)31(27,28)24-14-5-3-4-13(22)10-14/h3-12,24-25H,1-2H3,(H,23,26). The molecule has 8 nitrogen and oxygen atoms in total. The van der Waals surface area contributed by atoms with Gasteiger partial charge in [0, 0.05) is 5.02 Å². The number of rotatable bonds is 7. The second kappa shape index (κ2) is 9.15. The van der Waals surface area contributed by atoms with Gasteiger partial charge in [-0.15, -0.1) is 0 Å². The summed E-state index contributed by atoms with van der Waals surface area (Å²) in [5.41, 5.74) is 0.322. The number of phenols is 1. The van der Waals surface area contributed by atoms with Gasteiger partial charge in [-0.25, -0.2) is 8.42 Å². The van der Waals surface area contributed by atoms with Gasteiger partial charge in [-0.2, -0.15) is 0 Å². The van der Waals surface area contributed by atoms with Crippen molar-refractivity contribution < 1.29 is 27.8 Å². The van der Waals surface area contributed by atoms with Gasteiger partial charge in [-0.05, 0) is 54.6 Å². The Balaban J connectivity index is 1.90. The zero-order valence-electron chi connectivity index (χ0n) is 16.5. The summed E-state index contributed by atoms with van der Waals surface area (Å²) in [5, 5.41) is 13.0. The van der Waals surface area contributed by atoms with Gasteiger partial charge in [0.15, 0.2) is 0 Å². The molecule has 10 heteroatoms. The molecule has 0 unspecified atom stereocenters. The molecule has 3 N–H and O–H groups in total. The summed E-state index contributed by atoms with van der Waals surface area (Å²) < 4.78 is 38.2. The van der Waals surface area contributed by atoms with Gasteiger partial charge in [-0.3, -0.25) is 9.52 Å². The van der Waals surface area contributed by atoms with Gasteiger partial charge in [0.2, 0.25) is 0 Å². The third kappa shape index (κ3) is 5.19. The van der Waals surface area contributed by atoms with Crippen molar-refractivity contribution >= 4 is 38.9 Å². The summed E-state index contributed by atoms with van der Waals surface area (Å²) in [5.74, 6) is -0.221. The van der Waals surface area contributed by atoms with E-state index in [0.29, 0.717) is 10.8 Å². The molecule has 3 aromatic rings. The molecule has 162 valence electrons. The van der Waals surface area contributed by atoms with Gasteiger partial charge in [-0.1, -0.05) is 17.7 Å². The molecular formula is C21H19ClN2O6S. The van der Waals surface area contributed by atoms with Gasteiger partial charge in [0.1, 0.15) is 17.2 Å². The van der Waals surface area contributed by atoms with E-state index >= 15 is 0 Å². The number of ether oxygens (including phenoxy) is 2. The number of aromatic hydroxyl groups is 1. The molecule has 1 amide bonds. The van der Waals surface area contributed by atoms with Crippen molar-refractivity contribution in [3.63, 3.8) is 0 Å². The Hall–Kier alpha value is -3.43. The number of nitrogens with one attached hydrogen (secondary N) is 2. The zero-order chi connectivity index (χ0) is 22.6. The van der Waals surface area contributed by atoms with E-state index in [9.17, 15) is 18.3 Å². The van der Waals surface area contributed by atoms with Crippen molar-refractivity contribution in [3.8, 4) is 17.2 Å². The largest absolute Gasteiger partial charge is 0.506 e. The zero-order valence-corrected chi connectivity index (χ0v) is 18.1. The van der Waals surface area contributed by atoms with Crippen LogP contribution in [0.4, 0.5) is 11.4 Å². The van der Waals surface area contributed by atoms with Gasteiger partial charge < -0.3 is 19.9 Å². The lowest BCUT2D eigenvalue weighted by Crippen LogP contribution is -2.16. The van der Waals surface area contributed by atoms with Crippen LogP contribution in [-0.4, -0.2) is 33.7 Å². The fraction of sp³-hybridized carbons (Fsp3) is 0.0952. The van der Waals surface area contributed by atoms with Crippen molar-refractivity contribution in [3.05, 3.63) is 71.2 Å². The summed E-state index contributed by atoms with van der Waals surface area (Å²) in [6.07, 6.45) is 0. The van der Waals surface area contributed by atoms with E-state index in [2.05, 4.69) is 10.0 Å². The van der Waals surface area contributed by atoms with Crippen LogP contribution >= 0.6 is 11.6 Å². The van der Waals surface area contributed by atoms with E-state index in [0.717, 1.165) is 6.07 Å². The van der Waals surface area contributed by atoms with Crippen LogP contribution in [0.1, 0.15) is 10.4 Å². The Kier molecular flexibility index (Phi) is 6.57. The first-order valence-corrected chi connectivity index (χ1v) is 10.7. The highest BCUT2D eigenvalue weighted by Gasteiger charge is 2.19. The lowest BCUT2D eigenvalue weighted by Gasteiger charge is -2.13. The van der Waals surface area contributed by atoms with E-state index in [-0.39, 0.29) is 33.3 Å². The lowest BCUT2D eigenvalue weighted by molar-refractivity contribution is 0.102. The highest BCUT2D eigenvalue weighted by atomic mass is 35.5. The molecule has 0 aliphatic rings. The third-order valence-electron chi connectivity index (χ3n) is 4.25. The number of amides is 1. The molecule has 0 heterocycles. The number of benzene rings is 3. The molecule has 0 aliphatic heterocycles. The molecular weight excluding hydrogens is 444 g/mol. The first-order valence-electron chi connectivity index (χ1n) is 8.88. The quantitative estimate of drug-likeness (QED) is 0.455. The van der Waals surface area contributed by atoms with Crippen LogP contribution in [0, 0.1) is 0 Å². The van der Waals surface area contributed by atoms with Gasteiger partial charge >= 0.3 is 0 Å². The van der Waals surface area contributed by atoms with E-state index in [1.807, 2.05) is 0 Å². The Labute approximate surface area is 184 Å². The molecule has 0 saturated carbocycles. The van der Waals surface area contributed by atoms with E-state index in [1.165, 1.54) is 38.5 Å². The molecule has 0 atom stereocenters. The molecule has 0 spiro atoms. The molecule has 0 fully saturated rings. The van der Waals surface area contributed by atoms with Crippen LogP contribution in [0.25, 0.3) is 0 Å². The van der Waals surface area contributed by atoms with Crippen LogP contribution in [0.5, 0.6) is 17.2 Å². The number of methoxy groups -OCH3 is 2. The number of carbonyl (C=O) groups excluding carboxylic acids is 1. The highest BCUT2D eigenvalue weighted by molar-refractivity contribution is 7.92. The summed E-state index contributed by atoms with van der Waals surface area (Å²) >= 11 is 5.89. The maximum Gasteiger partial charge on any atom is 0.261 e. The predicted octanol–water partition coefficient (Wildman–Crippen LogP) is 4.12. The second-order valence-corrected chi connectivity index (χ2v) is 8.43. The topological polar surface area (TPSA) is 114 Å². The highest BCUT2D eigenvalue weighted by Crippen LogP contribution is 2.30. The SMILES string of the molecule is COc1ccc(OC)c(C(=O)Nc2cc(S(=O)(=O)Nc3cccc(Cl)c3)ccc2O)c1. The Bertz CT molecular complexity index is 1230. The number of carbonyl (C=O) groups is 1. The Morgan fingerprint density at radius 3 is 2.45 bits per heavy atom. The van der Waals surface area contributed by atoms with Crippen molar-refractivity contribution in [2.24, 2.45) is 0 Å². The molecule has 0 saturated heterocycles. The van der Waals surface area contributed by atoms with E-state index in [1.54, 1.807) is 30.3 Å². The first kappa shape index (κ1) is 22.3.